The molecule has 0 bridgehead atoms. The van der Waals surface area contributed by atoms with E-state index in [1.807, 2.05) is 12.1 Å². The lowest BCUT2D eigenvalue weighted by Crippen LogP contribution is -2.29. The molecule has 2 atom stereocenters. The van der Waals surface area contributed by atoms with Crippen molar-refractivity contribution in [1.82, 2.24) is 15.8 Å². The molecular weight excluding hydrogens is 333 g/mol. The molecule has 2 aromatic rings. The highest BCUT2D eigenvalue weighted by molar-refractivity contribution is 5.93. The van der Waals surface area contributed by atoms with Gasteiger partial charge in [0.15, 0.2) is 0 Å². The Hall–Kier alpha value is -2.51. The van der Waals surface area contributed by atoms with Gasteiger partial charge >= 0.3 is 0 Å². The largest absolute Gasteiger partial charge is 0.357 e. The van der Waals surface area contributed by atoms with Gasteiger partial charge < -0.3 is 10.2 Å². The van der Waals surface area contributed by atoms with Crippen LogP contribution >= 0.6 is 0 Å². The molecular formula is C19H22FN5O. The number of rotatable bonds is 4. The Bertz CT molecular complexity index is 759. The summed E-state index contributed by atoms with van der Waals surface area (Å²) in [5.41, 5.74) is 7.68. The fraction of sp³-hybridized carbons (Fsp3) is 0.368. The number of nitrogens with zero attached hydrogens (tertiary/aromatic N) is 2. The molecule has 0 saturated carbocycles. The van der Waals surface area contributed by atoms with Crippen molar-refractivity contribution in [1.29, 1.82) is 0 Å². The number of anilines is 2. The van der Waals surface area contributed by atoms with Crippen molar-refractivity contribution in [3.05, 3.63) is 54.0 Å². The number of hydrogen-bond donors (Lipinski definition) is 3. The predicted octanol–water partition coefficient (Wildman–Crippen LogP) is 2.22. The molecule has 0 radical (unpaired) electrons. The fourth-order valence-electron chi connectivity index (χ4n) is 3.56. The summed E-state index contributed by atoms with van der Waals surface area (Å²) in [6.07, 6.45) is 4.10. The molecule has 0 aliphatic carbocycles. The highest BCUT2D eigenvalue weighted by Gasteiger charge is 2.34. The average Bonchev–Trinajstić information content (AvgIpc) is 3.35. The van der Waals surface area contributed by atoms with Crippen LogP contribution in [0.25, 0.3) is 0 Å². The highest BCUT2D eigenvalue weighted by Crippen LogP contribution is 2.26. The Balaban J connectivity index is 1.42. The van der Waals surface area contributed by atoms with Crippen molar-refractivity contribution in [3.63, 3.8) is 0 Å². The Labute approximate surface area is 151 Å². The Kier molecular flexibility index (Phi) is 4.81. The smallest absolute Gasteiger partial charge is 0.230 e. The molecule has 1 aromatic heterocycles. The van der Waals surface area contributed by atoms with Crippen LogP contribution in [0.4, 0.5) is 15.9 Å². The summed E-state index contributed by atoms with van der Waals surface area (Å²) in [5.74, 6) is 0.282. The van der Waals surface area contributed by atoms with Crippen molar-refractivity contribution in [3.8, 4) is 0 Å². The predicted molar refractivity (Wildman–Crippen MR) is 98.1 cm³/mol. The van der Waals surface area contributed by atoms with E-state index in [0.29, 0.717) is 12.2 Å². The molecule has 136 valence electrons. The second kappa shape index (κ2) is 7.39. The van der Waals surface area contributed by atoms with Crippen LogP contribution in [0.3, 0.4) is 0 Å². The van der Waals surface area contributed by atoms with Gasteiger partial charge in [-0.15, -0.1) is 0 Å². The Morgan fingerprint density at radius 1 is 1.15 bits per heavy atom. The zero-order valence-electron chi connectivity index (χ0n) is 14.4. The van der Waals surface area contributed by atoms with Gasteiger partial charge in [0.05, 0.1) is 23.8 Å². The quantitative estimate of drug-likeness (QED) is 0.785. The van der Waals surface area contributed by atoms with Gasteiger partial charge in [-0.2, -0.15) is 0 Å². The monoisotopic (exact) mass is 355 g/mol. The summed E-state index contributed by atoms with van der Waals surface area (Å²) < 4.78 is 13.1. The maximum atomic E-state index is 13.1. The lowest BCUT2D eigenvalue weighted by Gasteiger charge is -2.19. The second-order valence-electron chi connectivity index (χ2n) is 6.75. The fourth-order valence-corrected chi connectivity index (χ4v) is 3.56. The van der Waals surface area contributed by atoms with Crippen molar-refractivity contribution in [2.45, 2.75) is 18.9 Å². The molecule has 2 saturated heterocycles. The molecule has 2 aliphatic rings. The summed E-state index contributed by atoms with van der Waals surface area (Å²) >= 11 is 0. The zero-order chi connectivity index (χ0) is 17.9. The molecule has 7 heteroatoms. The van der Waals surface area contributed by atoms with Crippen LogP contribution < -0.4 is 21.1 Å². The third-order valence-corrected chi connectivity index (χ3v) is 4.99. The first-order chi connectivity index (χ1) is 12.7. The van der Waals surface area contributed by atoms with Crippen LogP contribution in [-0.2, 0) is 4.79 Å². The number of amides is 1. The van der Waals surface area contributed by atoms with Crippen molar-refractivity contribution in [2.24, 2.45) is 5.92 Å². The first kappa shape index (κ1) is 16.9. The molecule has 4 rings (SSSR count). The van der Waals surface area contributed by atoms with Crippen molar-refractivity contribution in [2.75, 3.05) is 29.9 Å². The summed E-state index contributed by atoms with van der Waals surface area (Å²) in [6.45, 7) is 2.59. The number of pyridine rings is 1. The average molecular weight is 355 g/mol. The number of halogens is 1. The molecule has 26 heavy (non-hydrogen) atoms. The first-order valence-electron chi connectivity index (χ1n) is 8.96. The molecule has 2 aliphatic heterocycles. The van der Waals surface area contributed by atoms with E-state index in [2.05, 4.69) is 26.1 Å². The minimum atomic E-state index is -0.293. The SMILES string of the molecule is O=C(Nc1ccc(N2CCCC2)nc1)C1CNNC1c1ccc(F)cc1. The van der Waals surface area contributed by atoms with E-state index in [1.54, 1.807) is 18.3 Å². The topological polar surface area (TPSA) is 69.3 Å². The molecule has 3 heterocycles. The van der Waals surface area contributed by atoms with E-state index >= 15 is 0 Å². The third kappa shape index (κ3) is 3.54. The normalized spacial score (nSPS) is 22.6. The number of benzene rings is 1. The molecule has 1 aromatic carbocycles. The molecule has 3 N–H and O–H groups in total. The van der Waals surface area contributed by atoms with Gasteiger partial charge in [-0.05, 0) is 42.7 Å². The number of hydrogen-bond acceptors (Lipinski definition) is 5. The molecule has 0 spiro atoms. The summed E-state index contributed by atoms with van der Waals surface area (Å²) in [5, 5.41) is 2.94. The van der Waals surface area contributed by atoms with Gasteiger partial charge in [-0.25, -0.2) is 14.8 Å². The number of carbonyl (C=O) groups is 1. The van der Waals surface area contributed by atoms with Gasteiger partial charge in [0.2, 0.25) is 5.91 Å². The number of hydrazine groups is 1. The van der Waals surface area contributed by atoms with E-state index in [9.17, 15) is 9.18 Å². The number of nitrogens with one attached hydrogen (secondary N) is 3. The van der Waals surface area contributed by atoms with Crippen LogP contribution in [0, 0.1) is 11.7 Å². The lowest BCUT2D eigenvalue weighted by atomic mass is 9.94. The molecule has 6 nitrogen and oxygen atoms in total. The van der Waals surface area contributed by atoms with E-state index in [1.165, 1.54) is 25.0 Å². The van der Waals surface area contributed by atoms with Crippen molar-refractivity contribution >= 4 is 17.4 Å². The van der Waals surface area contributed by atoms with Gasteiger partial charge in [-0.1, -0.05) is 12.1 Å². The summed E-state index contributed by atoms with van der Waals surface area (Å²) in [6, 6.07) is 9.85. The minimum Gasteiger partial charge on any atom is -0.357 e. The van der Waals surface area contributed by atoms with E-state index < -0.39 is 0 Å². The Morgan fingerprint density at radius 3 is 2.62 bits per heavy atom. The molecule has 2 unspecified atom stereocenters. The highest BCUT2D eigenvalue weighted by atomic mass is 19.1. The van der Waals surface area contributed by atoms with Crippen LogP contribution in [0.5, 0.6) is 0 Å². The van der Waals surface area contributed by atoms with Gasteiger partial charge in [-0.3, -0.25) is 10.2 Å². The van der Waals surface area contributed by atoms with Gasteiger partial charge in [0.25, 0.3) is 0 Å². The molecule has 2 fully saturated rings. The maximum absolute atomic E-state index is 13.1. The van der Waals surface area contributed by atoms with Crippen LogP contribution in [0.15, 0.2) is 42.6 Å². The maximum Gasteiger partial charge on any atom is 0.230 e. The van der Waals surface area contributed by atoms with E-state index in [-0.39, 0.29) is 23.7 Å². The van der Waals surface area contributed by atoms with Crippen LogP contribution in [0.2, 0.25) is 0 Å². The van der Waals surface area contributed by atoms with E-state index in [4.69, 9.17) is 0 Å². The lowest BCUT2D eigenvalue weighted by molar-refractivity contribution is -0.119. The minimum absolute atomic E-state index is 0.0902. The van der Waals surface area contributed by atoms with E-state index in [0.717, 1.165) is 24.5 Å². The Morgan fingerprint density at radius 2 is 1.92 bits per heavy atom. The second-order valence-corrected chi connectivity index (χ2v) is 6.75. The standard InChI is InChI=1S/C19H22FN5O/c20-14-5-3-13(4-6-14)18-16(12-22-24-18)19(26)23-15-7-8-17(21-11-15)25-9-1-2-10-25/h3-8,11,16,18,22,24H,1-2,9-10,12H2,(H,23,26). The van der Waals surface area contributed by atoms with Crippen LogP contribution in [-0.4, -0.2) is 30.5 Å². The van der Waals surface area contributed by atoms with Crippen LogP contribution in [0.1, 0.15) is 24.4 Å². The van der Waals surface area contributed by atoms with Crippen molar-refractivity contribution < 1.29 is 9.18 Å². The molecule has 1 amide bonds. The number of aromatic nitrogens is 1. The first-order valence-corrected chi connectivity index (χ1v) is 8.96. The summed E-state index contributed by atoms with van der Waals surface area (Å²) in [4.78, 5) is 19.4. The van der Waals surface area contributed by atoms with Gasteiger partial charge in [0.1, 0.15) is 11.6 Å². The van der Waals surface area contributed by atoms with Gasteiger partial charge in [0, 0.05) is 19.6 Å². The third-order valence-electron chi connectivity index (χ3n) is 4.99. The number of carbonyl (C=O) groups excluding carboxylic acids is 1. The zero-order valence-corrected chi connectivity index (χ0v) is 14.4. The summed E-state index contributed by atoms with van der Waals surface area (Å²) in [7, 11) is 0.